The van der Waals surface area contributed by atoms with E-state index in [4.69, 9.17) is 0 Å². The third kappa shape index (κ3) is 2.68. The molecule has 0 saturated heterocycles. The fraction of sp³-hybridized carbons (Fsp3) is 0.357. The van der Waals surface area contributed by atoms with Crippen LogP contribution in [0, 0.1) is 5.41 Å². The SMILES string of the molecule is CC(C)(CC(=O)ON1C(=O)c2ccccc2C1=O)C(F)(F)F. The summed E-state index contributed by atoms with van der Waals surface area (Å²) in [6.07, 6.45) is -5.63. The lowest BCUT2D eigenvalue weighted by molar-refractivity contribution is -0.221. The van der Waals surface area contributed by atoms with Crippen molar-refractivity contribution in [1.82, 2.24) is 5.06 Å². The number of carbonyl (C=O) groups is 3. The van der Waals surface area contributed by atoms with Crippen molar-refractivity contribution < 1.29 is 32.4 Å². The molecule has 0 N–H and O–H groups in total. The Balaban J connectivity index is 2.12. The lowest BCUT2D eigenvalue weighted by Crippen LogP contribution is -2.38. The summed E-state index contributed by atoms with van der Waals surface area (Å²) < 4.78 is 38.2. The van der Waals surface area contributed by atoms with Crippen molar-refractivity contribution >= 4 is 17.8 Å². The Morgan fingerprint density at radius 1 is 1.09 bits per heavy atom. The number of hydrogen-bond donors (Lipinski definition) is 0. The third-order valence-electron chi connectivity index (χ3n) is 3.30. The maximum atomic E-state index is 12.7. The Bertz CT molecular complexity index is 617. The van der Waals surface area contributed by atoms with E-state index in [9.17, 15) is 27.6 Å². The molecule has 1 aliphatic rings. The monoisotopic (exact) mass is 315 g/mol. The quantitative estimate of drug-likeness (QED) is 0.805. The zero-order valence-corrected chi connectivity index (χ0v) is 11.7. The van der Waals surface area contributed by atoms with Gasteiger partial charge < -0.3 is 4.84 Å². The zero-order chi connectivity index (χ0) is 16.7. The van der Waals surface area contributed by atoms with Gasteiger partial charge in [-0.25, -0.2) is 4.79 Å². The maximum Gasteiger partial charge on any atom is 0.394 e. The van der Waals surface area contributed by atoms with Crippen molar-refractivity contribution in [2.75, 3.05) is 0 Å². The Hall–Kier alpha value is -2.38. The summed E-state index contributed by atoms with van der Waals surface area (Å²) in [5.74, 6) is -3.06. The molecule has 8 heteroatoms. The van der Waals surface area contributed by atoms with Gasteiger partial charge in [0.25, 0.3) is 11.8 Å². The number of carbonyl (C=O) groups excluding carboxylic acids is 3. The molecule has 0 aliphatic carbocycles. The normalized spacial score (nSPS) is 15.0. The van der Waals surface area contributed by atoms with Gasteiger partial charge in [0, 0.05) is 0 Å². The first-order chi connectivity index (χ1) is 10.0. The van der Waals surface area contributed by atoms with Gasteiger partial charge >= 0.3 is 12.1 Å². The predicted octanol–water partition coefficient (Wildman–Crippen LogP) is 2.72. The van der Waals surface area contributed by atoms with Crippen LogP contribution in [0.5, 0.6) is 0 Å². The Labute approximate surface area is 123 Å². The van der Waals surface area contributed by atoms with E-state index in [1.807, 2.05) is 0 Å². The van der Waals surface area contributed by atoms with Crippen LogP contribution in [-0.2, 0) is 9.63 Å². The van der Waals surface area contributed by atoms with E-state index in [0.29, 0.717) is 0 Å². The summed E-state index contributed by atoms with van der Waals surface area (Å²) in [6.45, 7) is 1.66. The van der Waals surface area contributed by atoms with Crippen LogP contribution >= 0.6 is 0 Å². The second-order valence-electron chi connectivity index (χ2n) is 5.47. The molecule has 118 valence electrons. The smallest absolute Gasteiger partial charge is 0.330 e. The van der Waals surface area contributed by atoms with E-state index in [1.165, 1.54) is 24.3 Å². The molecule has 0 unspecified atom stereocenters. The summed E-state index contributed by atoms with van der Waals surface area (Å²) in [5.41, 5.74) is -2.26. The third-order valence-corrected chi connectivity index (χ3v) is 3.30. The van der Waals surface area contributed by atoms with E-state index in [2.05, 4.69) is 4.84 Å². The highest BCUT2D eigenvalue weighted by molar-refractivity contribution is 6.20. The van der Waals surface area contributed by atoms with E-state index in [0.717, 1.165) is 13.8 Å². The topological polar surface area (TPSA) is 63.7 Å². The van der Waals surface area contributed by atoms with Gasteiger partial charge in [-0.05, 0) is 12.1 Å². The van der Waals surface area contributed by atoms with E-state index in [1.54, 1.807) is 0 Å². The molecule has 5 nitrogen and oxygen atoms in total. The molecule has 1 aliphatic heterocycles. The number of nitrogens with zero attached hydrogens (tertiary/aromatic N) is 1. The molecule has 1 heterocycles. The van der Waals surface area contributed by atoms with Crippen molar-refractivity contribution in [2.45, 2.75) is 26.4 Å². The number of rotatable bonds is 3. The van der Waals surface area contributed by atoms with Crippen LogP contribution < -0.4 is 0 Å². The Morgan fingerprint density at radius 3 is 1.95 bits per heavy atom. The minimum atomic E-state index is -4.62. The molecule has 2 amide bonds. The maximum absolute atomic E-state index is 12.7. The average Bonchev–Trinajstić information content (AvgIpc) is 2.63. The van der Waals surface area contributed by atoms with Crippen molar-refractivity contribution in [1.29, 1.82) is 0 Å². The molecule has 0 aromatic heterocycles. The first-order valence-corrected chi connectivity index (χ1v) is 6.30. The van der Waals surface area contributed by atoms with Crippen LogP contribution in [0.25, 0.3) is 0 Å². The van der Waals surface area contributed by atoms with Crippen LogP contribution in [0.3, 0.4) is 0 Å². The summed E-state index contributed by atoms with van der Waals surface area (Å²) in [5, 5.41) is 0.194. The summed E-state index contributed by atoms with van der Waals surface area (Å²) >= 11 is 0. The minimum Gasteiger partial charge on any atom is -0.330 e. The highest BCUT2D eigenvalue weighted by Gasteiger charge is 2.49. The zero-order valence-electron chi connectivity index (χ0n) is 11.7. The van der Waals surface area contributed by atoms with Crippen LogP contribution in [0.2, 0.25) is 0 Å². The number of fused-ring (bicyclic) bond motifs is 1. The number of imide groups is 1. The molecule has 0 saturated carbocycles. The molecular weight excluding hydrogens is 303 g/mol. The molecule has 22 heavy (non-hydrogen) atoms. The molecule has 0 bridgehead atoms. The number of amides is 2. The lowest BCUT2D eigenvalue weighted by Gasteiger charge is -2.26. The Morgan fingerprint density at radius 2 is 1.55 bits per heavy atom. The summed E-state index contributed by atoms with van der Waals surface area (Å²) in [4.78, 5) is 40.0. The van der Waals surface area contributed by atoms with Gasteiger partial charge in [-0.3, -0.25) is 9.59 Å². The molecule has 1 aromatic carbocycles. The van der Waals surface area contributed by atoms with Gasteiger partial charge in [0.1, 0.15) is 0 Å². The van der Waals surface area contributed by atoms with Gasteiger partial charge in [-0.15, -0.1) is 0 Å². The predicted molar refractivity (Wildman–Crippen MR) is 67.5 cm³/mol. The van der Waals surface area contributed by atoms with Crippen LogP contribution in [0.1, 0.15) is 41.0 Å². The molecule has 2 rings (SSSR count). The van der Waals surface area contributed by atoms with Crippen molar-refractivity contribution in [3.05, 3.63) is 35.4 Å². The first-order valence-electron chi connectivity index (χ1n) is 6.30. The van der Waals surface area contributed by atoms with E-state index in [-0.39, 0.29) is 16.2 Å². The fourth-order valence-corrected chi connectivity index (χ4v) is 1.85. The molecule has 0 radical (unpaired) electrons. The Kier molecular flexibility index (Phi) is 3.72. The number of benzene rings is 1. The molecule has 0 spiro atoms. The number of hydroxylamine groups is 2. The van der Waals surface area contributed by atoms with Gasteiger partial charge in [-0.2, -0.15) is 13.2 Å². The van der Waals surface area contributed by atoms with Gasteiger partial charge in [0.2, 0.25) is 0 Å². The average molecular weight is 315 g/mol. The fourth-order valence-electron chi connectivity index (χ4n) is 1.85. The number of hydrogen-bond acceptors (Lipinski definition) is 4. The van der Waals surface area contributed by atoms with Gasteiger partial charge in [0.15, 0.2) is 0 Å². The molecule has 1 aromatic rings. The minimum absolute atomic E-state index is 0.0374. The highest BCUT2D eigenvalue weighted by atomic mass is 19.4. The number of alkyl halides is 3. The van der Waals surface area contributed by atoms with Crippen LogP contribution in [0.4, 0.5) is 13.2 Å². The van der Waals surface area contributed by atoms with E-state index < -0.39 is 35.8 Å². The lowest BCUT2D eigenvalue weighted by atomic mass is 9.89. The van der Waals surface area contributed by atoms with Crippen molar-refractivity contribution in [3.8, 4) is 0 Å². The van der Waals surface area contributed by atoms with Gasteiger partial charge in [0.05, 0.1) is 23.0 Å². The molecule has 0 atom stereocenters. The van der Waals surface area contributed by atoms with E-state index >= 15 is 0 Å². The number of halogens is 3. The molecule has 0 fully saturated rings. The molecular formula is C14H12F3NO4. The first kappa shape index (κ1) is 16.0. The standard InChI is InChI=1S/C14H12F3NO4/c1-13(2,14(15,16)17)7-10(19)22-18-11(20)8-5-3-4-6-9(8)12(18)21/h3-6H,7H2,1-2H3. The second-order valence-corrected chi connectivity index (χ2v) is 5.47. The summed E-state index contributed by atoms with van der Waals surface area (Å²) in [7, 11) is 0. The van der Waals surface area contributed by atoms with Gasteiger partial charge in [-0.1, -0.05) is 31.0 Å². The largest absolute Gasteiger partial charge is 0.394 e. The van der Waals surface area contributed by atoms with Crippen LogP contribution in [0.15, 0.2) is 24.3 Å². The highest BCUT2D eigenvalue weighted by Crippen LogP contribution is 2.40. The summed E-state index contributed by atoms with van der Waals surface area (Å²) in [6, 6.07) is 5.76. The van der Waals surface area contributed by atoms with Crippen molar-refractivity contribution in [2.24, 2.45) is 5.41 Å². The van der Waals surface area contributed by atoms with Crippen molar-refractivity contribution in [3.63, 3.8) is 0 Å². The van der Waals surface area contributed by atoms with Crippen LogP contribution in [-0.4, -0.2) is 29.0 Å². The second kappa shape index (κ2) is 5.11.